The number of hydrogen-bond donors (Lipinski definition) is 1. The molecule has 3 rings (SSSR count). The number of nitrogens with one attached hydrogen (secondary N) is 1. The van der Waals surface area contributed by atoms with Crippen LogP contribution in [0.15, 0.2) is 70.9 Å². The highest BCUT2D eigenvalue weighted by Gasteiger charge is 2.13. The maximum atomic E-state index is 12.4. The Labute approximate surface area is 175 Å². The Morgan fingerprint density at radius 3 is 2.52 bits per heavy atom. The third kappa shape index (κ3) is 5.26. The van der Waals surface area contributed by atoms with Gasteiger partial charge in [0.05, 0.1) is 17.0 Å². The van der Waals surface area contributed by atoms with Crippen molar-refractivity contribution in [1.82, 2.24) is 0 Å². The third-order valence-corrected chi connectivity index (χ3v) is 4.23. The van der Waals surface area contributed by atoms with Crippen LogP contribution in [-0.4, -0.2) is 11.9 Å². The fourth-order valence-corrected chi connectivity index (χ4v) is 2.62. The maximum Gasteiger partial charge on any atom is 0.379 e. The lowest BCUT2D eigenvalue weighted by molar-refractivity contribution is -0.112. The predicted octanol–water partition coefficient (Wildman–Crippen LogP) is 5.35. The summed E-state index contributed by atoms with van der Waals surface area (Å²) in [5.74, 6) is -0.895. The molecule has 0 unspecified atom stereocenters. The molecule has 1 aromatic heterocycles. The standard InChI is InChI=1S/C21H12Cl2N2O4/c22-15-5-8-17(23)18(11-15)25-20(26)14(12-24)10-13-3-6-16(7-4-13)29-21(27)19-2-1-9-28-19/h1-11H,(H,25,26)/b14-10-. The molecule has 29 heavy (non-hydrogen) atoms. The zero-order valence-electron chi connectivity index (χ0n) is 14.7. The molecule has 1 heterocycles. The number of benzene rings is 2. The molecule has 1 amide bonds. The smallest absolute Gasteiger partial charge is 0.379 e. The van der Waals surface area contributed by atoms with E-state index in [0.29, 0.717) is 21.3 Å². The second kappa shape index (κ2) is 9.11. The zero-order chi connectivity index (χ0) is 20.8. The van der Waals surface area contributed by atoms with Gasteiger partial charge in [-0.3, -0.25) is 4.79 Å². The van der Waals surface area contributed by atoms with Gasteiger partial charge in [0.1, 0.15) is 17.4 Å². The molecule has 0 bridgehead atoms. The lowest BCUT2D eigenvalue weighted by atomic mass is 10.1. The molecule has 0 aliphatic heterocycles. The normalized spacial score (nSPS) is 10.9. The third-order valence-electron chi connectivity index (χ3n) is 3.67. The highest BCUT2D eigenvalue weighted by molar-refractivity contribution is 6.36. The highest BCUT2D eigenvalue weighted by atomic mass is 35.5. The van der Waals surface area contributed by atoms with E-state index in [2.05, 4.69) is 5.32 Å². The number of nitrogens with zero attached hydrogens (tertiary/aromatic N) is 1. The number of ether oxygens (including phenoxy) is 1. The second-order valence-corrected chi connectivity index (χ2v) is 6.53. The van der Waals surface area contributed by atoms with Crippen LogP contribution in [0, 0.1) is 11.3 Å². The molecule has 0 spiro atoms. The SMILES string of the molecule is N#C/C(=C/c1ccc(OC(=O)c2ccco2)cc1)C(=O)Nc1cc(Cl)ccc1Cl. The monoisotopic (exact) mass is 426 g/mol. The molecule has 3 aromatic rings. The van der Waals surface area contributed by atoms with Crippen molar-refractivity contribution in [3.8, 4) is 11.8 Å². The number of halogens is 2. The first kappa shape index (κ1) is 20.2. The summed E-state index contributed by atoms with van der Waals surface area (Å²) < 4.78 is 10.1. The number of hydrogen-bond acceptors (Lipinski definition) is 5. The van der Waals surface area contributed by atoms with Gasteiger partial charge in [0, 0.05) is 5.02 Å². The average molecular weight is 427 g/mol. The number of esters is 1. The van der Waals surface area contributed by atoms with Crippen LogP contribution in [-0.2, 0) is 4.79 Å². The van der Waals surface area contributed by atoms with Crippen molar-refractivity contribution in [2.24, 2.45) is 0 Å². The topological polar surface area (TPSA) is 92.3 Å². The van der Waals surface area contributed by atoms with Gasteiger partial charge >= 0.3 is 5.97 Å². The van der Waals surface area contributed by atoms with E-state index < -0.39 is 11.9 Å². The van der Waals surface area contributed by atoms with Crippen molar-refractivity contribution in [2.75, 3.05) is 5.32 Å². The summed E-state index contributed by atoms with van der Waals surface area (Å²) in [5, 5.41) is 12.6. The van der Waals surface area contributed by atoms with Crippen LogP contribution >= 0.6 is 23.2 Å². The number of rotatable bonds is 5. The first-order valence-corrected chi connectivity index (χ1v) is 8.96. The average Bonchev–Trinajstić information content (AvgIpc) is 3.25. The van der Waals surface area contributed by atoms with Gasteiger partial charge in [-0.15, -0.1) is 0 Å². The molecule has 0 saturated heterocycles. The Morgan fingerprint density at radius 1 is 1.10 bits per heavy atom. The first-order chi connectivity index (χ1) is 14.0. The number of amides is 1. The van der Waals surface area contributed by atoms with Crippen molar-refractivity contribution in [2.45, 2.75) is 0 Å². The van der Waals surface area contributed by atoms with Crippen molar-refractivity contribution in [1.29, 1.82) is 5.26 Å². The van der Waals surface area contributed by atoms with Gasteiger partial charge < -0.3 is 14.5 Å². The van der Waals surface area contributed by atoms with Gasteiger partial charge in [0.2, 0.25) is 5.76 Å². The number of furan rings is 1. The van der Waals surface area contributed by atoms with Crippen LogP contribution in [0.25, 0.3) is 6.08 Å². The minimum Gasteiger partial charge on any atom is -0.457 e. The lowest BCUT2D eigenvalue weighted by Gasteiger charge is -2.07. The van der Waals surface area contributed by atoms with Crippen LogP contribution in [0.3, 0.4) is 0 Å². The summed E-state index contributed by atoms with van der Waals surface area (Å²) in [6.07, 6.45) is 2.77. The van der Waals surface area contributed by atoms with E-state index in [1.807, 2.05) is 6.07 Å². The molecule has 1 N–H and O–H groups in total. The largest absolute Gasteiger partial charge is 0.457 e. The summed E-state index contributed by atoms with van der Waals surface area (Å²) >= 11 is 11.9. The highest BCUT2D eigenvalue weighted by Crippen LogP contribution is 2.26. The Morgan fingerprint density at radius 2 is 1.86 bits per heavy atom. The van der Waals surface area contributed by atoms with Gasteiger partial charge in [-0.1, -0.05) is 35.3 Å². The molecule has 6 nitrogen and oxygen atoms in total. The Bertz CT molecular complexity index is 1110. The molecule has 0 aliphatic carbocycles. The molecular formula is C21H12Cl2N2O4. The van der Waals surface area contributed by atoms with Gasteiger partial charge in [-0.2, -0.15) is 5.26 Å². The molecule has 2 aromatic carbocycles. The minimum atomic E-state index is -0.634. The first-order valence-electron chi connectivity index (χ1n) is 8.20. The zero-order valence-corrected chi connectivity index (χ0v) is 16.2. The van der Waals surface area contributed by atoms with E-state index in [4.69, 9.17) is 32.4 Å². The van der Waals surface area contributed by atoms with Gasteiger partial charge in [0.25, 0.3) is 5.91 Å². The van der Waals surface area contributed by atoms with E-state index >= 15 is 0 Å². The Balaban J connectivity index is 1.71. The van der Waals surface area contributed by atoms with Crippen LogP contribution in [0.1, 0.15) is 16.1 Å². The van der Waals surface area contributed by atoms with Crippen molar-refractivity contribution >= 4 is 46.8 Å². The van der Waals surface area contributed by atoms with E-state index in [9.17, 15) is 14.9 Å². The van der Waals surface area contributed by atoms with Crippen molar-refractivity contribution in [3.05, 3.63) is 87.8 Å². The molecule has 8 heteroatoms. The summed E-state index contributed by atoms with van der Waals surface area (Å²) in [5.41, 5.74) is 0.721. The Hall–Kier alpha value is -3.53. The molecule has 0 saturated carbocycles. The number of anilines is 1. The van der Waals surface area contributed by atoms with E-state index in [-0.39, 0.29) is 17.1 Å². The van der Waals surface area contributed by atoms with E-state index in [0.717, 1.165) is 0 Å². The van der Waals surface area contributed by atoms with E-state index in [1.165, 1.54) is 42.7 Å². The van der Waals surface area contributed by atoms with Crippen molar-refractivity contribution in [3.63, 3.8) is 0 Å². The van der Waals surface area contributed by atoms with Crippen LogP contribution in [0.5, 0.6) is 5.75 Å². The van der Waals surface area contributed by atoms with Gasteiger partial charge in [0.15, 0.2) is 0 Å². The summed E-state index contributed by atoms with van der Waals surface area (Å²) in [7, 11) is 0. The second-order valence-electron chi connectivity index (χ2n) is 5.68. The molecular weight excluding hydrogens is 415 g/mol. The fraction of sp³-hybridized carbons (Fsp3) is 0. The minimum absolute atomic E-state index is 0.0806. The summed E-state index contributed by atoms with van der Waals surface area (Å²) in [4.78, 5) is 24.2. The fourth-order valence-electron chi connectivity index (χ4n) is 2.28. The van der Waals surface area contributed by atoms with Crippen LogP contribution < -0.4 is 10.1 Å². The quantitative estimate of drug-likeness (QED) is 0.256. The molecule has 0 aliphatic rings. The summed E-state index contributed by atoms with van der Waals surface area (Å²) in [6.45, 7) is 0. The maximum absolute atomic E-state index is 12.4. The van der Waals surface area contributed by atoms with Crippen LogP contribution in [0.4, 0.5) is 5.69 Å². The number of nitriles is 1. The molecule has 0 fully saturated rings. The van der Waals surface area contributed by atoms with Crippen LogP contribution in [0.2, 0.25) is 10.0 Å². The molecule has 144 valence electrons. The van der Waals surface area contributed by atoms with Gasteiger partial charge in [-0.05, 0) is 54.1 Å². The molecule has 0 radical (unpaired) electrons. The molecule has 0 atom stereocenters. The Kier molecular flexibility index (Phi) is 6.35. The van der Waals surface area contributed by atoms with Crippen molar-refractivity contribution < 1.29 is 18.7 Å². The number of carbonyl (C=O) groups excluding carboxylic acids is 2. The van der Waals surface area contributed by atoms with E-state index in [1.54, 1.807) is 24.3 Å². The predicted molar refractivity (Wildman–Crippen MR) is 109 cm³/mol. The van der Waals surface area contributed by atoms with Gasteiger partial charge in [-0.25, -0.2) is 4.79 Å². The summed E-state index contributed by atoms with van der Waals surface area (Å²) in [6, 6.07) is 15.8. The number of carbonyl (C=O) groups is 2. The lowest BCUT2D eigenvalue weighted by Crippen LogP contribution is -2.13.